The molecule has 1 aliphatic rings. The van der Waals surface area contributed by atoms with Gasteiger partial charge in [0.2, 0.25) is 5.91 Å². The van der Waals surface area contributed by atoms with Crippen LogP contribution in [0.1, 0.15) is 60.9 Å². The normalized spacial score (nSPS) is 18.3. The molecular weight excluding hydrogens is 428 g/mol. The Balaban J connectivity index is 1.84. The van der Waals surface area contributed by atoms with E-state index in [9.17, 15) is 9.59 Å². The maximum absolute atomic E-state index is 13.6. The minimum Gasteiger partial charge on any atom is -0.383 e. The van der Waals surface area contributed by atoms with Crippen LogP contribution in [-0.2, 0) is 4.79 Å². The Morgan fingerprint density at radius 2 is 2.03 bits per heavy atom. The maximum atomic E-state index is 13.6. The third-order valence-electron chi connectivity index (χ3n) is 6.31. The molecule has 34 heavy (non-hydrogen) atoms. The van der Waals surface area contributed by atoms with Gasteiger partial charge in [0.1, 0.15) is 23.5 Å². The highest BCUT2D eigenvalue weighted by Crippen LogP contribution is 2.36. The summed E-state index contributed by atoms with van der Waals surface area (Å²) in [7, 11) is 0. The van der Waals surface area contributed by atoms with Crippen LogP contribution >= 0.6 is 0 Å². The minimum absolute atomic E-state index is 0.00458. The number of anilines is 1. The number of benzene rings is 1. The molecule has 0 spiro atoms. The van der Waals surface area contributed by atoms with Crippen molar-refractivity contribution < 1.29 is 9.59 Å². The Hall–Kier alpha value is -4.12. The lowest BCUT2D eigenvalue weighted by Gasteiger charge is -2.19. The Morgan fingerprint density at radius 3 is 2.71 bits per heavy atom. The van der Waals surface area contributed by atoms with E-state index in [0.717, 1.165) is 5.56 Å². The molecule has 8 heteroatoms. The molecule has 3 unspecified atom stereocenters. The first-order valence-corrected chi connectivity index (χ1v) is 11.2. The van der Waals surface area contributed by atoms with Crippen molar-refractivity contribution in [2.24, 2.45) is 0 Å². The lowest BCUT2D eigenvalue weighted by atomic mass is 10.1. The first kappa shape index (κ1) is 23.1. The standard InChI is InChI=1S/C26H28N6O2/c1-5-10-20-22(26(34)30-17(4)18-11-8-7-9-12-18)23-24(27)28-15-29-25(23)32(20)19-13-16(3)31(14-19)21(33)6-2/h6-9,11-12,15-17,19H,2,13-14H2,1,3-4H3,(H,30,34)(H2,27,28,29). The fourth-order valence-corrected chi connectivity index (χ4v) is 4.68. The molecule has 3 N–H and O–H groups in total. The van der Waals surface area contributed by atoms with Gasteiger partial charge in [-0.15, -0.1) is 0 Å². The summed E-state index contributed by atoms with van der Waals surface area (Å²) in [5, 5.41) is 3.54. The van der Waals surface area contributed by atoms with Crippen LogP contribution in [0.15, 0.2) is 49.3 Å². The van der Waals surface area contributed by atoms with Gasteiger partial charge in [-0.05, 0) is 44.8 Å². The van der Waals surface area contributed by atoms with Crippen LogP contribution in [0.25, 0.3) is 11.0 Å². The Morgan fingerprint density at radius 1 is 1.29 bits per heavy atom. The van der Waals surface area contributed by atoms with Crippen LogP contribution in [0.3, 0.4) is 0 Å². The van der Waals surface area contributed by atoms with E-state index in [1.54, 1.807) is 11.8 Å². The number of nitrogen functional groups attached to an aromatic ring is 1. The molecule has 174 valence electrons. The highest BCUT2D eigenvalue weighted by atomic mass is 16.2. The molecule has 4 rings (SSSR count). The second-order valence-electron chi connectivity index (χ2n) is 8.47. The van der Waals surface area contributed by atoms with E-state index in [1.165, 1.54) is 12.4 Å². The number of carbonyl (C=O) groups is 2. The van der Waals surface area contributed by atoms with Crippen LogP contribution < -0.4 is 11.1 Å². The predicted octanol–water partition coefficient (Wildman–Crippen LogP) is 3.22. The number of nitrogens with two attached hydrogens (primary N) is 1. The molecule has 3 heterocycles. The maximum Gasteiger partial charge on any atom is 0.255 e. The molecule has 1 aliphatic heterocycles. The zero-order valence-corrected chi connectivity index (χ0v) is 19.6. The number of fused-ring (bicyclic) bond motifs is 1. The zero-order chi connectivity index (χ0) is 24.4. The van der Waals surface area contributed by atoms with E-state index in [2.05, 4.69) is 33.7 Å². The van der Waals surface area contributed by atoms with Crippen molar-refractivity contribution >= 4 is 28.7 Å². The molecule has 2 aromatic heterocycles. The van der Waals surface area contributed by atoms with Gasteiger partial charge in [-0.2, -0.15) is 0 Å². The number of nitrogens with zero attached hydrogens (tertiary/aromatic N) is 4. The predicted molar refractivity (Wildman–Crippen MR) is 132 cm³/mol. The second-order valence-corrected chi connectivity index (χ2v) is 8.47. The largest absolute Gasteiger partial charge is 0.383 e. The van der Waals surface area contributed by atoms with Crippen molar-refractivity contribution in [3.05, 3.63) is 66.1 Å². The highest BCUT2D eigenvalue weighted by Gasteiger charge is 2.36. The van der Waals surface area contributed by atoms with Crippen LogP contribution in [0, 0.1) is 11.8 Å². The van der Waals surface area contributed by atoms with Crippen molar-refractivity contribution in [2.45, 2.75) is 45.3 Å². The fourth-order valence-electron chi connectivity index (χ4n) is 4.68. The lowest BCUT2D eigenvalue weighted by molar-refractivity contribution is -0.126. The van der Waals surface area contributed by atoms with Crippen LogP contribution in [0.2, 0.25) is 0 Å². The quantitative estimate of drug-likeness (QED) is 0.453. The molecule has 1 saturated heterocycles. The molecule has 8 nitrogen and oxygen atoms in total. The average Bonchev–Trinajstić information content (AvgIpc) is 3.37. The second kappa shape index (κ2) is 9.40. The summed E-state index contributed by atoms with van der Waals surface area (Å²) in [6.07, 6.45) is 3.40. The Kier molecular flexibility index (Phi) is 6.37. The first-order valence-electron chi connectivity index (χ1n) is 11.2. The minimum atomic E-state index is -0.301. The molecule has 0 aliphatic carbocycles. The smallest absolute Gasteiger partial charge is 0.255 e. The van der Waals surface area contributed by atoms with Crippen molar-refractivity contribution in [1.29, 1.82) is 0 Å². The van der Waals surface area contributed by atoms with E-state index >= 15 is 0 Å². The summed E-state index contributed by atoms with van der Waals surface area (Å²) >= 11 is 0. The summed E-state index contributed by atoms with van der Waals surface area (Å²) in [6.45, 7) is 9.71. The van der Waals surface area contributed by atoms with Gasteiger partial charge in [-0.3, -0.25) is 9.59 Å². The average molecular weight is 457 g/mol. The van der Waals surface area contributed by atoms with Crippen molar-refractivity contribution in [3.8, 4) is 11.8 Å². The highest BCUT2D eigenvalue weighted by molar-refractivity contribution is 6.12. The van der Waals surface area contributed by atoms with E-state index in [4.69, 9.17) is 5.73 Å². The summed E-state index contributed by atoms with van der Waals surface area (Å²) in [5.41, 5.74) is 8.66. The Bertz CT molecular complexity index is 1320. The third-order valence-corrected chi connectivity index (χ3v) is 6.31. The van der Waals surface area contributed by atoms with Gasteiger partial charge in [-0.25, -0.2) is 9.97 Å². The van der Waals surface area contributed by atoms with Crippen molar-refractivity contribution in [3.63, 3.8) is 0 Å². The van der Waals surface area contributed by atoms with Gasteiger partial charge in [0, 0.05) is 12.6 Å². The lowest BCUT2D eigenvalue weighted by Crippen LogP contribution is -2.32. The van der Waals surface area contributed by atoms with Gasteiger partial charge in [0.15, 0.2) is 0 Å². The monoisotopic (exact) mass is 456 g/mol. The van der Waals surface area contributed by atoms with Crippen molar-refractivity contribution in [1.82, 2.24) is 24.8 Å². The molecule has 0 saturated carbocycles. The van der Waals surface area contributed by atoms with Crippen LogP contribution in [0.5, 0.6) is 0 Å². The molecule has 0 bridgehead atoms. The van der Waals surface area contributed by atoms with Gasteiger partial charge >= 0.3 is 0 Å². The topological polar surface area (TPSA) is 106 Å². The fraction of sp³-hybridized carbons (Fsp3) is 0.308. The van der Waals surface area contributed by atoms with E-state index in [1.807, 2.05) is 48.7 Å². The first-order chi connectivity index (χ1) is 16.4. The summed E-state index contributed by atoms with van der Waals surface area (Å²) in [5.74, 6) is 5.82. The number of hydrogen-bond acceptors (Lipinski definition) is 5. The number of amides is 2. The van der Waals surface area contributed by atoms with E-state index in [-0.39, 0.29) is 35.8 Å². The van der Waals surface area contributed by atoms with Crippen molar-refractivity contribution in [2.75, 3.05) is 12.3 Å². The number of rotatable bonds is 5. The summed E-state index contributed by atoms with van der Waals surface area (Å²) in [4.78, 5) is 36.4. The molecule has 1 aromatic carbocycles. The molecule has 3 aromatic rings. The number of hydrogen-bond donors (Lipinski definition) is 2. The number of likely N-dealkylation sites (tertiary alicyclic amines) is 1. The third kappa shape index (κ3) is 4.01. The number of carbonyl (C=O) groups excluding carboxylic acids is 2. The van der Waals surface area contributed by atoms with Crippen LogP contribution in [-0.4, -0.2) is 43.8 Å². The van der Waals surface area contributed by atoms with Crippen LogP contribution in [0.4, 0.5) is 5.82 Å². The van der Waals surface area contributed by atoms with E-state index < -0.39 is 0 Å². The molecule has 0 radical (unpaired) electrons. The number of aromatic nitrogens is 3. The van der Waals surface area contributed by atoms with Gasteiger partial charge < -0.3 is 20.5 Å². The molecule has 1 fully saturated rings. The molecule has 2 amide bonds. The van der Waals surface area contributed by atoms with Gasteiger partial charge in [0.05, 0.1) is 23.0 Å². The van der Waals surface area contributed by atoms with E-state index in [0.29, 0.717) is 35.3 Å². The molecule has 3 atom stereocenters. The Labute approximate surface area is 198 Å². The summed E-state index contributed by atoms with van der Waals surface area (Å²) < 4.78 is 1.94. The SMILES string of the molecule is C=CC(=O)N1CC(n2c(C#CC)c(C(=O)NC(C)c3ccccc3)c3c(N)ncnc32)CC1C. The van der Waals surface area contributed by atoms with Gasteiger partial charge in [0.25, 0.3) is 5.91 Å². The zero-order valence-electron chi connectivity index (χ0n) is 19.6. The summed E-state index contributed by atoms with van der Waals surface area (Å²) in [6, 6.07) is 9.37. The van der Waals surface area contributed by atoms with Gasteiger partial charge in [-0.1, -0.05) is 42.8 Å². The number of nitrogens with one attached hydrogen (secondary N) is 1. The molecular formula is C26H28N6O2.